The maximum atomic E-state index is 11.7. The lowest BCUT2D eigenvalue weighted by molar-refractivity contribution is 0.101. The maximum absolute atomic E-state index is 11.7. The lowest BCUT2D eigenvalue weighted by Crippen LogP contribution is -1.99. The number of hydrogen-bond donors (Lipinski definition) is 1. The average Bonchev–Trinajstić information content (AvgIpc) is 2.65. The Morgan fingerprint density at radius 1 is 1.21 bits per heavy atom. The fraction of sp³-hybridized carbons (Fsp3) is 0. The van der Waals surface area contributed by atoms with E-state index in [1.807, 2.05) is 0 Å². The van der Waals surface area contributed by atoms with Crippen LogP contribution >= 0.6 is 0 Å². The molecule has 0 aliphatic carbocycles. The Labute approximate surface area is 80.4 Å². The van der Waals surface area contributed by atoms with E-state index in [4.69, 9.17) is 10.2 Å². The van der Waals surface area contributed by atoms with Gasteiger partial charge in [-0.2, -0.15) is 0 Å². The van der Waals surface area contributed by atoms with Gasteiger partial charge in [0, 0.05) is 24.0 Å². The van der Waals surface area contributed by atoms with E-state index in [2.05, 4.69) is 4.98 Å². The summed E-state index contributed by atoms with van der Waals surface area (Å²) in [5.41, 5.74) is 5.90. The van der Waals surface area contributed by atoms with Gasteiger partial charge in [-0.15, -0.1) is 0 Å². The molecule has 2 rings (SSSR count). The van der Waals surface area contributed by atoms with Crippen LogP contribution in [0.15, 0.2) is 41.1 Å². The third-order valence-electron chi connectivity index (χ3n) is 1.79. The molecule has 4 nitrogen and oxygen atoms in total. The highest BCUT2D eigenvalue weighted by Crippen LogP contribution is 2.13. The lowest BCUT2D eigenvalue weighted by atomic mass is 10.1. The number of carbonyl (C=O) groups excluding carboxylic acids is 1. The van der Waals surface area contributed by atoms with E-state index in [-0.39, 0.29) is 17.4 Å². The summed E-state index contributed by atoms with van der Waals surface area (Å²) in [7, 11) is 0. The van der Waals surface area contributed by atoms with Gasteiger partial charge in [0.15, 0.2) is 11.6 Å². The number of nitrogens with two attached hydrogens (primary N) is 1. The van der Waals surface area contributed by atoms with Crippen LogP contribution in [-0.4, -0.2) is 10.8 Å². The molecule has 2 N–H and O–H groups in total. The number of rotatable bonds is 2. The van der Waals surface area contributed by atoms with Gasteiger partial charge < -0.3 is 10.2 Å². The number of aromatic nitrogens is 1. The van der Waals surface area contributed by atoms with Crippen LogP contribution in [0.1, 0.15) is 16.1 Å². The third-order valence-corrected chi connectivity index (χ3v) is 1.79. The summed E-state index contributed by atoms with van der Waals surface area (Å²) in [6.07, 6.45) is 3.11. The molecule has 0 aliphatic heterocycles. The molecule has 0 spiro atoms. The Balaban J connectivity index is 2.34. The number of ketones is 1. The second kappa shape index (κ2) is 3.33. The van der Waals surface area contributed by atoms with E-state index in [0.29, 0.717) is 5.56 Å². The summed E-state index contributed by atoms with van der Waals surface area (Å²) in [5, 5.41) is 0. The van der Waals surface area contributed by atoms with Crippen molar-refractivity contribution in [3.63, 3.8) is 0 Å². The minimum atomic E-state index is -0.191. The minimum Gasteiger partial charge on any atom is -0.437 e. The highest BCUT2D eigenvalue weighted by atomic mass is 16.4. The maximum Gasteiger partial charge on any atom is 0.228 e. The first-order valence-electron chi connectivity index (χ1n) is 4.07. The van der Waals surface area contributed by atoms with Crippen molar-refractivity contribution in [3.05, 3.63) is 48.0 Å². The van der Waals surface area contributed by atoms with Crippen molar-refractivity contribution in [2.75, 3.05) is 5.73 Å². The van der Waals surface area contributed by atoms with E-state index in [1.165, 1.54) is 0 Å². The summed E-state index contributed by atoms with van der Waals surface area (Å²) in [6, 6.07) is 6.36. The van der Waals surface area contributed by atoms with Gasteiger partial charge in [0.25, 0.3) is 0 Å². The molecule has 0 aromatic carbocycles. The number of hydrogen-bond acceptors (Lipinski definition) is 4. The molecule has 0 radical (unpaired) electrons. The zero-order valence-corrected chi connectivity index (χ0v) is 7.31. The largest absolute Gasteiger partial charge is 0.437 e. The predicted molar refractivity (Wildman–Crippen MR) is 50.8 cm³/mol. The lowest BCUT2D eigenvalue weighted by Gasteiger charge is -1.95. The molecule has 14 heavy (non-hydrogen) atoms. The first-order valence-corrected chi connectivity index (χ1v) is 4.07. The Hall–Kier alpha value is -2.10. The molecule has 0 fully saturated rings. The minimum absolute atomic E-state index is 0.191. The van der Waals surface area contributed by atoms with Crippen molar-refractivity contribution < 1.29 is 9.21 Å². The molecule has 0 saturated carbocycles. The standard InChI is InChI=1S/C10H8N2O2/c11-9-2-1-8(14-9)10(13)7-3-5-12-6-4-7/h1-6H,11H2. The number of carbonyl (C=O) groups is 1. The van der Waals surface area contributed by atoms with Crippen molar-refractivity contribution in [3.8, 4) is 0 Å². The van der Waals surface area contributed by atoms with E-state index >= 15 is 0 Å². The zero-order chi connectivity index (χ0) is 9.97. The second-order valence-corrected chi connectivity index (χ2v) is 2.77. The highest BCUT2D eigenvalue weighted by Gasteiger charge is 2.11. The molecule has 0 saturated heterocycles. The smallest absolute Gasteiger partial charge is 0.228 e. The molecule has 0 aliphatic rings. The van der Waals surface area contributed by atoms with E-state index < -0.39 is 0 Å². The number of anilines is 1. The van der Waals surface area contributed by atoms with E-state index in [9.17, 15) is 4.79 Å². The van der Waals surface area contributed by atoms with Gasteiger partial charge in [0.1, 0.15) is 0 Å². The molecule has 2 heterocycles. The molecular formula is C10H8N2O2. The Kier molecular flexibility index (Phi) is 2.02. The molecule has 0 atom stereocenters. The fourth-order valence-corrected chi connectivity index (χ4v) is 1.12. The number of furan rings is 1. The second-order valence-electron chi connectivity index (χ2n) is 2.77. The molecule has 0 amide bonds. The van der Waals surface area contributed by atoms with Crippen molar-refractivity contribution in [2.45, 2.75) is 0 Å². The summed E-state index contributed by atoms with van der Waals surface area (Å²) in [4.78, 5) is 15.5. The van der Waals surface area contributed by atoms with Crippen molar-refractivity contribution >= 4 is 11.7 Å². The van der Waals surface area contributed by atoms with E-state index in [0.717, 1.165) is 0 Å². The molecule has 2 aromatic rings. The Morgan fingerprint density at radius 2 is 1.93 bits per heavy atom. The first-order chi connectivity index (χ1) is 6.77. The van der Waals surface area contributed by atoms with Crippen LogP contribution in [0.2, 0.25) is 0 Å². The normalized spacial score (nSPS) is 10.0. The fourth-order valence-electron chi connectivity index (χ4n) is 1.12. The number of pyridine rings is 1. The third kappa shape index (κ3) is 1.50. The van der Waals surface area contributed by atoms with Crippen LogP contribution in [0.3, 0.4) is 0 Å². The summed E-state index contributed by atoms with van der Waals surface area (Å²) in [6.45, 7) is 0. The molecular weight excluding hydrogens is 180 g/mol. The van der Waals surface area contributed by atoms with Gasteiger partial charge in [-0.25, -0.2) is 0 Å². The predicted octanol–water partition coefficient (Wildman–Crippen LogP) is 1.49. The van der Waals surface area contributed by atoms with Crippen LogP contribution in [0.5, 0.6) is 0 Å². The van der Waals surface area contributed by atoms with Crippen LogP contribution in [0.4, 0.5) is 5.88 Å². The first kappa shape index (κ1) is 8.50. The van der Waals surface area contributed by atoms with Gasteiger partial charge >= 0.3 is 0 Å². The van der Waals surface area contributed by atoms with Crippen LogP contribution < -0.4 is 5.73 Å². The Bertz CT molecular complexity index is 448. The Morgan fingerprint density at radius 3 is 2.50 bits per heavy atom. The van der Waals surface area contributed by atoms with E-state index in [1.54, 1.807) is 36.7 Å². The quantitative estimate of drug-likeness (QED) is 0.725. The monoisotopic (exact) mass is 188 g/mol. The van der Waals surface area contributed by atoms with Gasteiger partial charge in [-0.05, 0) is 18.2 Å². The topological polar surface area (TPSA) is 69.1 Å². The zero-order valence-electron chi connectivity index (χ0n) is 7.31. The van der Waals surface area contributed by atoms with Crippen molar-refractivity contribution in [1.29, 1.82) is 0 Å². The van der Waals surface area contributed by atoms with Gasteiger partial charge in [0.05, 0.1) is 0 Å². The molecule has 4 heteroatoms. The summed E-state index contributed by atoms with van der Waals surface area (Å²) >= 11 is 0. The molecule has 70 valence electrons. The van der Waals surface area contributed by atoms with Crippen LogP contribution in [0.25, 0.3) is 0 Å². The van der Waals surface area contributed by atoms with Crippen LogP contribution in [0, 0.1) is 0 Å². The summed E-state index contributed by atoms with van der Waals surface area (Å²) in [5.74, 6) is 0.292. The number of nitrogen functional groups attached to an aromatic ring is 1. The SMILES string of the molecule is Nc1ccc(C(=O)c2ccncc2)o1. The molecule has 0 unspecified atom stereocenters. The highest BCUT2D eigenvalue weighted by molar-refractivity contribution is 6.07. The van der Waals surface area contributed by atoms with Crippen molar-refractivity contribution in [2.24, 2.45) is 0 Å². The average molecular weight is 188 g/mol. The summed E-state index contributed by atoms with van der Waals surface area (Å²) < 4.78 is 5.01. The van der Waals surface area contributed by atoms with Gasteiger partial charge in [-0.3, -0.25) is 9.78 Å². The number of nitrogens with zero attached hydrogens (tertiary/aromatic N) is 1. The molecule has 2 aromatic heterocycles. The van der Waals surface area contributed by atoms with Gasteiger partial charge in [-0.1, -0.05) is 0 Å². The van der Waals surface area contributed by atoms with Crippen molar-refractivity contribution in [1.82, 2.24) is 4.98 Å². The van der Waals surface area contributed by atoms with Crippen LogP contribution in [-0.2, 0) is 0 Å². The van der Waals surface area contributed by atoms with Gasteiger partial charge in [0.2, 0.25) is 5.78 Å². The molecule has 0 bridgehead atoms.